The van der Waals surface area contributed by atoms with E-state index in [4.69, 9.17) is 9.47 Å². The summed E-state index contributed by atoms with van der Waals surface area (Å²) in [4.78, 5) is 0. The molecule has 1 fully saturated rings. The van der Waals surface area contributed by atoms with Crippen molar-refractivity contribution in [3.8, 4) is 11.5 Å². The topological polar surface area (TPSA) is 30.5 Å². The maximum absolute atomic E-state index is 5.55. The second-order valence-corrected chi connectivity index (χ2v) is 5.57. The summed E-state index contributed by atoms with van der Waals surface area (Å²) in [7, 11) is 1.69. The molecule has 20 heavy (non-hydrogen) atoms. The lowest BCUT2D eigenvalue weighted by atomic mass is 9.84. The molecule has 2 rings (SSSR count). The van der Waals surface area contributed by atoms with E-state index in [1.807, 2.05) is 19.1 Å². The Bertz CT molecular complexity index is 411. The third-order valence-corrected chi connectivity index (χ3v) is 4.26. The van der Waals surface area contributed by atoms with Crippen molar-refractivity contribution in [1.82, 2.24) is 0 Å². The van der Waals surface area contributed by atoms with Crippen LogP contribution in [0.3, 0.4) is 0 Å². The minimum absolute atomic E-state index is 0.598. The molecule has 0 heterocycles. The van der Waals surface area contributed by atoms with E-state index in [9.17, 15) is 0 Å². The van der Waals surface area contributed by atoms with Gasteiger partial charge in [0.05, 0.1) is 13.7 Å². The fourth-order valence-corrected chi connectivity index (χ4v) is 2.98. The van der Waals surface area contributed by atoms with Crippen LogP contribution in [0.25, 0.3) is 0 Å². The predicted molar refractivity (Wildman–Crippen MR) is 83.8 cm³/mol. The van der Waals surface area contributed by atoms with Crippen molar-refractivity contribution in [2.24, 2.45) is 5.92 Å². The minimum atomic E-state index is 0.598. The van der Waals surface area contributed by atoms with Crippen LogP contribution >= 0.6 is 0 Å². The molecule has 0 aliphatic heterocycles. The molecule has 3 nitrogen and oxygen atoms in total. The molecule has 1 saturated carbocycles. The Hall–Kier alpha value is -1.38. The van der Waals surface area contributed by atoms with E-state index in [1.54, 1.807) is 7.11 Å². The molecule has 0 amide bonds. The van der Waals surface area contributed by atoms with Crippen molar-refractivity contribution < 1.29 is 9.47 Å². The van der Waals surface area contributed by atoms with Crippen molar-refractivity contribution in [1.29, 1.82) is 0 Å². The Balaban J connectivity index is 1.96. The molecule has 1 aromatic carbocycles. The van der Waals surface area contributed by atoms with Crippen molar-refractivity contribution in [3.05, 3.63) is 18.2 Å². The molecule has 3 heteroatoms. The Morgan fingerprint density at radius 1 is 1.10 bits per heavy atom. The summed E-state index contributed by atoms with van der Waals surface area (Å²) >= 11 is 0. The van der Waals surface area contributed by atoms with E-state index >= 15 is 0 Å². The van der Waals surface area contributed by atoms with Gasteiger partial charge >= 0.3 is 0 Å². The highest BCUT2D eigenvalue weighted by Crippen LogP contribution is 2.33. The summed E-state index contributed by atoms with van der Waals surface area (Å²) in [5.74, 6) is 2.55. The molecule has 1 aromatic rings. The zero-order valence-electron chi connectivity index (χ0n) is 12.9. The molecule has 0 bridgehead atoms. The molecule has 1 aliphatic carbocycles. The van der Waals surface area contributed by atoms with E-state index in [-0.39, 0.29) is 0 Å². The van der Waals surface area contributed by atoms with E-state index < -0.39 is 0 Å². The number of anilines is 1. The molecule has 0 radical (unpaired) electrons. The van der Waals surface area contributed by atoms with Crippen LogP contribution in [-0.4, -0.2) is 19.8 Å². The number of methoxy groups -OCH3 is 1. The minimum Gasteiger partial charge on any atom is -0.493 e. The predicted octanol–water partition coefficient (Wildman–Crippen LogP) is 4.47. The van der Waals surface area contributed by atoms with Crippen LogP contribution in [0, 0.1) is 5.92 Å². The van der Waals surface area contributed by atoms with Gasteiger partial charge in [-0.15, -0.1) is 0 Å². The van der Waals surface area contributed by atoms with E-state index in [0.29, 0.717) is 12.6 Å². The Morgan fingerprint density at radius 2 is 1.85 bits per heavy atom. The standard InChI is InChI=1S/C17H27NO2/c1-4-13-6-8-14(9-7-13)18-15-10-11-16(20-5-2)17(12-15)19-3/h10-14,18H,4-9H2,1-3H3. The van der Waals surface area contributed by atoms with E-state index in [0.717, 1.165) is 23.1 Å². The van der Waals surface area contributed by atoms with Gasteiger partial charge in [0.2, 0.25) is 0 Å². The van der Waals surface area contributed by atoms with Gasteiger partial charge in [-0.2, -0.15) is 0 Å². The first kappa shape index (κ1) is 15.0. The summed E-state index contributed by atoms with van der Waals surface area (Å²) in [5.41, 5.74) is 1.13. The van der Waals surface area contributed by atoms with Gasteiger partial charge in [0.15, 0.2) is 11.5 Å². The first-order valence-corrected chi connectivity index (χ1v) is 7.84. The molecule has 0 unspecified atom stereocenters. The third-order valence-electron chi connectivity index (χ3n) is 4.26. The van der Waals surface area contributed by atoms with Gasteiger partial charge in [-0.05, 0) is 50.7 Å². The van der Waals surface area contributed by atoms with Gasteiger partial charge in [0.1, 0.15) is 0 Å². The smallest absolute Gasteiger partial charge is 0.162 e. The maximum atomic E-state index is 5.55. The quantitative estimate of drug-likeness (QED) is 0.832. The highest BCUT2D eigenvalue weighted by molar-refractivity contribution is 5.55. The van der Waals surface area contributed by atoms with Gasteiger partial charge < -0.3 is 14.8 Å². The number of nitrogens with one attached hydrogen (secondary N) is 1. The van der Waals surface area contributed by atoms with E-state index in [2.05, 4.69) is 18.3 Å². The maximum Gasteiger partial charge on any atom is 0.162 e. The third kappa shape index (κ3) is 3.81. The largest absolute Gasteiger partial charge is 0.493 e. The van der Waals surface area contributed by atoms with E-state index in [1.165, 1.54) is 32.1 Å². The summed E-state index contributed by atoms with van der Waals surface area (Å²) in [6.45, 7) is 4.94. The average Bonchev–Trinajstić information content (AvgIpc) is 2.50. The van der Waals surface area contributed by atoms with Gasteiger partial charge in [-0.3, -0.25) is 0 Å². The number of benzene rings is 1. The number of rotatable bonds is 6. The summed E-state index contributed by atoms with van der Waals surface area (Å²) < 4.78 is 10.9. The van der Waals surface area contributed by atoms with Crippen LogP contribution in [0.5, 0.6) is 11.5 Å². The Labute approximate surface area is 122 Å². The summed E-state index contributed by atoms with van der Waals surface area (Å²) in [6.07, 6.45) is 6.57. The van der Waals surface area contributed by atoms with Crippen molar-refractivity contribution >= 4 is 5.69 Å². The highest BCUT2D eigenvalue weighted by atomic mass is 16.5. The summed E-state index contributed by atoms with van der Waals surface area (Å²) in [6, 6.07) is 6.71. The van der Waals surface area contributed by atoms with Crippen LogP contribution in [0.4, 0.5) is 5.69 Å². The normalized spacial score (nSPS) is 22.4. The van der Waals surface area contributed by atoms with Crippen LogP contribution in [0.1, 0.15) is 46.0 Å². The van der Waals surface area contributed by atoms with Crippen molar-refractivity contribution in [2.45, 2.75) is 52.0 Å². The average molecular weight is 277 g/mol. The van der Waals surface area contributed by atoms with Gasteiger partial charge in [0.25, 0.3) is 0 Å². The SMILES string of the molecule is CCOc1ccc(NC2CCC(CC)CC2)cc1OC. The fraction of sp³-hybridized carbons (Fsp3) is 0.647. The van der Waals surface area contributed by atoms with Gasteiger partial charge in [-0.25, -0.2) is 0 Å². The van der Waals surface area contributed by atoms with Gasteiger partial charge in [-0.1, -0.05) is 13.3 Å². The van der Waals surface area contributed by atoms with Crippen LogP contribution < -0.4 is 14.8 Å². The molecule has 0 aromatic heterocycles. The number of hydrogen-bond donors (Lipinski definition) is 1. The molecule has 0 spiro atoms. The van der Waals surface area contributed by atoms with Crippen molar-refractivity contribution in [3.63, 3.8) is 0 Å². The molecule has 112 valence electrons. The zero-order valence-corrected chi connectivity index (χ0v) is 12.9. The van der Waals surface area contributed by atoms with Gasteiger partial charge in [0, 0.05) is 17.8 Å². The van der Waals surface area contributed by atoms with Crippen LogP contribution in [-0.2, 0) is 0 Å². The van der Waals surface area contributed by atoms with Crippen LogP contribution in [0.2, 0.25) is 0 Å². The lowest BCUT2D eigenvalue weighted by molar-refractivity contribution is 0.311. The first-order chi connectivity index (χ1) is 9.76. The molecule has 1 aliphatic rings. The monoisotopic (exact) mass is 277 g/mol. The molecule has 1 N–H and O–H groups in total. The zero-order chi connectivity index (χ0) is 14.4. The molecule has 0 atom stereocenters. The Kier molecular flexibility index (Phi) is 5.57. The second kappa shape index (κ2) is 7.41. The first-order valence-electron chi connectivity index (χ1n) is 7.84. The summed E-state index contributed by atoms with van der Waals surface area (Å²) in [5, 5.41) is 3.63. The molecule has 0 saturated heterocycles. The highest BCUT2D eigenvalue weighted by Gasteiger charge is 2.20. The number of hydrogen-bond acceptors (Lipinski definition) is 3. The lowest BCUT2D eigenvalue weighted by Crippen LogP contribution is -2.25. The van der Waals surface area contributed by atoms with Crippen LogP contribution in [0.15, 0.2) is 18.2 Å². The fourth-order valence-electron chi connectivity index (χ4n) is 2.98. The van der Waals surface area contributed by atoms with Crippen molar-refractivity contribution in [2.75, 3.05) is 19.0 Å². The second-order valence-electron chi connectivity index (χ2n) is 5.57. The number of ether oxygens (including phenoxy) is 2. The Morgan fingerprint density at radius 3 is 2.45 bits per heavy atom. The molecular weight excluding hydrogens is 250 g/mol. The molecular formula is C17H27NO2. The lowest BCUT2D eigenvalue weighted by Gasteiger charge is -2.29.